The maximum atomic E-state index is 11.7. The van der Waals surface area contributed by atoms with Crippen LogP contribution in [0.4, 0.5) is 4.79 Å². The van der Waals surface area contributed by atoms with Crippen molar-refractivity contribution in [1.82, 2.24) is 5.32 Å². The molecule has 5 heteroatoms. The van der Waals surface area contributed by atoms with Gasteiger partial charge < -0.3 is 14.8 Å². The van der Waals surface area contributed by atoms with Crippen LogP contribution < -0.4 is 5.32 Å². The molecule has 0 aromatic carbocycles. The van der Waals surface area contributed by atoms with Gasteiger partial charge in [0.05, 0.1) is 13.2 Å². The number of carbonyl (C=O) groups excluding carboxylic acids is 2. The summed E-state index contributed by atoms with van der Waals surface area (Å²) in [6, 6.07) is -0.671. The fourth-order valence-corrected chi connectivity index (χ4v) is 3.18. The number of ether oxygens (including phenoxy) is 2. The Morgan fingerprint density at radius 1 is 0.679 bits per heavy atom. The summed E-state index contributed by atoms with van der Waals surface area (Å²) >= 11 is 0. The zero-order valence-electron chi connectivity index (χ0n) is 18.7. The zero-order valence-corrected chi connectivity index (χ0v) is 18.7. The Morgan fingerprint density at radius 3 is 1.54 bits per heavy atom. The summed E-state index contributed by atoms with van der Waals surface area (Å²) in [6.07, 6.45) is 19.1. The molecule has 1 amide bonds. The van der Waals surface area contributed by atoms with Crippen molar-refractivity contribution < 1.29 is 19.1 Å². The molecule has 0 aliphatic rings. The molecule has 0 aliphatic carbocycles. The lowest BCUT2D eigenvalue weighted by Crippen LogP contribution is -2.39. The first-order valence-corrected chi connectivity index (χ1v) is 11.7. The van der Waals surface area contributed by atoms with Crippen molar-refractivity contribution in [2.75, 3.05) is 13.2 Å². The van der Waals surface area contributed by atoms with E-state index in [1.54, 1.807) is 13.8 Å². The highest BCUT2D eigenvalue weighted by Gasteiger charge is 2.17. The molecule has 0 bridgehead atoms. The van der Waals surface area contributed by atoms with Gasteiger partial charge in [0.25, 0.3) is 0 Å². The predicted molar refractivity (Wildman–Crippen MR) is 116 cm³/mol. The van der Waals surface area contributed by atoms with Crippen LogP contribution in [0.3, 0.4) is 0 Å². The summed E-state index contributed by atoms with van der Waals surface area (Å²) in [7, 11) is 0. The maximum absolute atomic E-state index is 11.7. The van der Waals surface area contributed by atoms with Gasteiger partial charge in [-0.25, -0.2) is 9.59 Å². The zero-order chi connectivity index (χ0) is 20.9. The Balaban J connectivity index is 3.29. The Bertz CT molecular complexity index is 374. The van der Waals surface area contributed by atoms with Gasteiger partial charge in [0.2, 0.25) is 0 Å². The molecule has 0 aromatic rings. The lowest BCUT2D eigenvalue weighted by Gasteiger charge is -2.13. The molecular formula is C23H45NO4. The number of hydrogen-bond acceptors (Lipinski definition) is 4. The van der Waals surface area contributed by atoms with Crippen molar-refractivity contribution in [3.63, 3.8) is 0 Å². The van der Waals surface area contributed by atoms with Gasteiger partial charge in [-0.15, -0.1) is 0 Å². The van der Waals surface area contributed by atoms with Crippen LogP contribution in [-0.2, 0) is 14.3 Å². The van der Waals surface area contributed by atoms with E-state index in [2.05, 4.69) is 12.2 Å². The van der Waals surface area contributed by atoms with Crippen molar-refractivity contribution in [2.24, 2.45) is 0 Å². The lowest BCUT2D eigenvalue weighted by atomic mass is 10.0. The van der Waals surface area contributed by atoms with E-state index in [1.807, 2.05) is 0 Å². The summed E-state index contributed by atoms with van der Waals surface area (Å²) in [5.74, 6) is -0.404. The number of unbranched alkanes of at least 4 members (excludes halogenated alkanes) is 14. The highest BCUT2D eigenvalue weighted by Crippen LogP contribution is 2.13. The smallest absolute Gasteiger partial charge is 0.407 e. The van der Waals surface area contributed by atoms with Crippen molar-refractivity contribution in [3.05, 3.63) is 0 Å². The summed E-state index contributed by atoms with van der Waals surface area (Å²) in [6.45, 7) is 6.30. The minimum atomic E-state index is -0.671. The summed E-state index contributed by atoms with van der Waals surface area (Å²) < 4.78 is 9.93. The monoisotopic (exact) mass is 399 g/mol. The van der Waals surface area contributed by atoms with E-state index in [-0.39, 0.29) is 6.61 Å². The van der Waals surface area contributed by atoms with E-state index in [0.717, 1.165) is 12.8 Å². The average Bonchev–Trinajstić information content (AvgIpc) is 2.67. The average molecular weight is 400 g/mol. The van der Waals surface area contributed by atoms with Gasteiger partial charge in [-0.05, 0) is 20.3 Å². The molecule has 1 N–H and O–H groups in total. The molecule has 0 saturated carbocycles. The van der Waals surface area contributed by atoms with E-state index in [0.29, 0.717) is 6.61 Å². The molecule has 1 atom stereocenters. The highest BCUT2D eigenvalue weighted by molar-refractivity contribution is 5.80. The molecule has 0 fully saturated rings. The van der Waals surface area contributed by atoms with Gasteiger partial charge in [0.1, 0.15) is 6.04 Å². The number of esters is 1. The number of carbonyl (C=O) groups is 2. The van der Waals surface area contributed by atoms with Crippen molar-refractivity contribution in [2.45, 2.75) is 123 Å². The summed E-state index contributed by atoms with van der Waals surface area (Å²) in [5.41, 5.74) is 0. The van der Waals surface area contributed by atoms with Gasteiger partial charge in [-0.3, -0.25) is 0 Å². The number of amides is 1. The molecule has 1 unspecified atom stereocenters. The number of nitrogens with one attached hydrogen (secondary N) is 1. The number of alkyl carbamates (subject to hydrolysis) is 1. The minimum absolute atomic E-state index is 0.284. The first kappa shape index (κ1) is 26.7. The molecule has 0 rings (SSSR count). The van der Waals surface area contributed by atoms with Crippen LogP contribution in [0.1, 0.15) is 117 Å². The molecule has 166 valence electrons. The minimum Gasteiger partial charge on any atom is -0.464 e. The number of rotatable bonds is 19. The molecule has 0 saturated heterocycles. The van der Waals surface area contributed by atoms with Crippen molar-refractivity contribution in [1.29, 1.82) is 0 Å². The SMILES string of the molecule is CCCCCCCCCCCCCCCCCOC(=O)C(C)NC(=O)OCC. The molecule has 0 radical (unpaired) electrons. The standard InChI is InChI=1S/C23H45NO4/c1-4-6-7-8-9-10-11-12-13-14-15-16-17-18-19-20-28-22(25)21(3)24-23(26)27-5-2/h21H,4-20H2,1-3H3,(H,24,26). The van der Waals surface area contributed by atoms with Gasteiger partial charge >= 0.3 is 12.1 Å². The van der Waals surface area contributed by atoms with Gasteiger partial charge in [0.15, 0.2) is 0 Å². The second kappa shape index (κ2) is 20.5. The number of hydrogen-bond donors (Lipinski definition) is 1. The van der Waals surface area contributed by atoms with Crippen molar-refractivity contribution >= 4 is 12.1 Å². The molecule has 0 aliphatic heterocycles. The van der Waals surface area contributed by atoms with E-state index in [4.69, 9.17) is 9.47 Å². The molecular weight excluding hydrogens is 354 g/mol. The fourth-order valence-electron chi connectivity index (χ4n) is 3.18. The highest BCUT2D eigenvalue weighted by atomic mass is 16.6. The predicted octanol–water partition coefficient (Wildman–Crippen LogP) is 6.54. The van der Waals surface area contributed by atoms with E-state index in [1.165, 1.54) is 83.5 Å². The van der Waals surface area contributed by atoms with Crippen LogP contribution in [0.25, 0.3) is 0 Å². The third kappa shape index (κ3) is 18.1. The molecule has 28 heavy (non-hydrogen) atoms. The van der Waals surface area contributed by atoms with Gasteiger partial charge in [-0.1, -0.05) is 96.8 Å². The van der Waals surface area contributed by atoms with Gasteiger partial charge in [-0.2, -0.15) is 0 Å². The Labute approximate surface area is 173 Å². The summed E-state index contributed by atoms with van der Waals surface area (Å²) in [5, 5.41) is 2.45. The quantitative estimate of drug-likeness (QED) is 0.198. The third-order valence-electron chi connectivity index (χ3n) is 4.96. The Morgan fingerprint density at radius 2 is 1.11 bits per heavy atom. The van der Waals surface area contributed by atoms with Gasteiger partial charge in [0, 0.05) is 0 Å². The second-order valence-electron chi connectivity index (χ2n) is 7.70. The first-order chi connectivity index (χ1) is 13.6. The van der Waals surface area contributed by atoms with Crippen LogP contribution in [0.2, 0.25) is 0 Å². The second-order valence-corrected chi connectivity index (χ2v) is 7.70. The molecule has 0 spiro atoms. The van der Waals surface area contributed by atoms with E-state index < -0.39 is 18.1 Å². The normalized spacial score (nSPS) is 11.8. The largest absolute Gasteiger partial charge is 0.464 e. The molecule has 5 nitrogen and oxygen atoms in total. The lowest BCUT2D eigenvalue weighted by molar-refractivity contribution is -0.145. The Hall–Kier alpha value is -1.26. The summed E-state index contributed by atoms with van der Waals surface area (Å²) in [4.78, 5) is 23.0. The van der Waals surface area contributed by atoms with E-state index >= 15 is 0 Å². The first-order valence-electron chi connectivity index (χ1n) is 11.7. The van der Waals surface area contributed by atoms with Crippen LogP contribution in [0, 0.1) is 0 Å². The fraction of sp³-hybridized carbons (Fsp3) is 0.913. The topological polar surface area (TPSA) is 64.6 Å². The molecule has 0 heterocycles. The Kier molecular flexibility index (Phi) is 19.6. The van der Waals surface area contributed by atoms with E-state index in [9.17, 15) is 9.59 Å². The maximum Gasteiger partial charge on any atom is 0.407 e. The van der Waals surface area contributed by atoms with Crippen molar-refractivity contribution in [3.8, 4) is 0 Å². The molecule has 0 aromatic heterocycles. The van der Waals surface area contributed by atoms with Crippen LogP contribution in [0.15, 0.2) is 0 Å². The van der Waals surface area contributed by atoms with Crippen LogP contribution in [0.5, 0.6) is 0 Å². The van der Waals surface area contributed by atoms with Crippen LogP contribution in [-0.4, -0.2) is 31.3 Å². The third-order valence-corrected chi connectivity index (χ3v) is 4.96. The van der Waals surface area contributed by atoms with Crippen LogP contribution >= 0.6 is 0 Å².